The fraction of sp³-hybridized carbons (Fsp3) is 0.154. The molecule has 0 aromatic carbocycles. The fourth-order valence-electron chi connectivity index (χ4n) is 1.58. The van der Waals surface area contributed by atoms with Crippen LogP contribution in [0.3, 0.4) is 0 Å². The summed E-state index contributed by atoms with van der Waals surface area (Å²) in [5.41, 5.74) is 8.09. The summed E-state index contributed by atoms with van der Waals surface area (Å²) >= 11 is 3.26. The van der Waals surface area contributed by atoms with Crippen LogP contribution in [-0.4, -0.2) is 15.9 Å². The van der Waals surface area contributed by atoms with Gasteiger partial charge in [0, 0.05) is 29.6 Å². The molecule has 5 nitrogen and oxygen atoms in total. The van der Waals surface area contributed by atoms with Gasteiger partial charge in [-0.1, -0.05) is 0 Å². The summed E-state index contributed by atoms with van der Waals surface area (Å²) in [7, 11) is 0. The van der Waals surface area contributed by atoms with E-state index < -0.39 is 0 Å². The quantitative estimate of drug-likeness (QED) is 0.907. The highest BCUT2D eigenvalue weighted by Crippen LogP contribution is 2.15. The number of nitrogen functional groups attached to an aromatic ring is 1. The number of anilines is 1. The lowest BCUT2D eigenvalue weighted by Crippen LogP contribution is -2.24. The molecule has 0 spiro atoms. The van der Waals surface area contributed by atoms with E-state index in [-0.39, 0.29) is 11.7 Å². The summed E-state index contributed by atoms with van der Waals surface area (Å²) in [4.78, 5) is 20.0. The van der Waals surface area contributed by atoms with Gasteiger partial charge < -0.3 is 11.1 Å². The molecule has 2 heterocycles. The van der Waals surface area contributed by atoms with Crippen LogP contribution < -0.4 is 11.1 Å². The van der Waals surface area contributed by atoms with Crippen molar-refractivity contribution in [2.24, 2.45) is 0 Å². The number of aryl methyl sites for hydroxylation is 1. The molecule has 3 N–H and O–H groups in total. The van der Waals surface area contributed by atoms with Crippen LogP contribution in [0.5, 0.6) is 0 Å². The van der Waals surface area contributed by atoms with Crippen molar-refractivity contribution in [2.45, 2.75) is 13.5 Å². The number of amides is 1. The van der Waals surface area contributed by atoms with Crippen LogP contribution in [0.15, 0.2) is 35.2 Å². The minimum Gasteiger partial charge on any atom is -0.383 e. The second-order valence-electron chi connectivity index (χ2n) is 4.07. The van der Waals surface area contributed by atoms with Crippen LogP contribution in [0.25, 0.3) is 0 Å². The normalized spacial score (nSPS) is 10.2. The molecule has 2 rings (SSSR count). The van der Waals surface area contributed by atoms with Gasteiger partial charge in [-0.2, -0.15) is 0 Å². The van der Waals surface area contributed by atoms with E-state index in [1.807, 2.05) is 13.0 Å². The molecule has 0 bridgehead atoms. The average molecular weight is 321 g/mol. The van der Waals surface area contributed by atoms with Gasteiger partial charge in [0.1, 0.15) is 5.82 Å². The van der Waals surface area contributed by atoms with Crippen molar-refractivity contribution in [3.05, 3.63) is 51.9 Å². The first-order valence-corrected chi connectivity index (χ1v) is 6.46. The molecule has 0 atom stereocenters. The molecule has 0 saturated carbocycles. The molecular formula is C13H13BrN4O. The van der Waals surface area contributed by atoms with Gasteiger partial charge in [0.05, 0.1) is 5.56 Å². The molecule has 0 unspecified atom stereocenters. The SMILES string of the molecule is Cc1ccncc1CNC(=O)c1cc(Br)cnc1N. The number of aromatic nitrogens is 2. The average Bonchev–Trinajstić information content (AvgIpc) is 2.40. The van der Waals surface area contributed by atoms with Gasteiger partial charge in [0.2, 0.25) is 0 Å². The second-order valence-corrected chi connectivity index (χ2v) is 4.99. The fourth-order valence-corrected chi connectivity index (χ4v) is 1.92. The minimum absolute atomic E-state index is 0.212. The molecule has 0 aliphatic carbocycles. The Labute approximate surface area is 119 Å². The monoisotopic (exact) mass is 320 g/mol. The molecule has 0 saturated heterocycles. The molecule has 1 amide bonds. The Balaban J connectivity index is 2.10. The number of rotatable bonds is 3. The zero-order valence-corrected chi connectivity index (χ0v) is 11.9. The lowest BCUT2D eigenvalue weighted by Gasteiger charge is -2.08. The number of carbonyl (C=O) groups excluding carboxylic acids is 1. The van der Waals surface area contributed by atoms with Gasteiger partial charge in [-0.15, -0.1) is 0 Å². The first kappa shape index (κ1) is 13.5. The molecule has 98 valence electrons. The number of nitrogens with zero attached hydrogens (tertiary/aromatic N) is 2. The van der Waals surface area contributed by atoms with Crippen LogP contribution in [0.1, 0.15) is 21.5 Å². The van der Waals surface area contributed by atoms with Gasteiger partial charge in [0.15, 0.2) is 0 Å². The highest BCUT2D eigenvalue weighted by Gasteiger charge is 2.11. The molecule has 0 aliphatic heterocycles. The zero-order chi connectivity index (χ0) is 13.8. The van der Waals surface area contributed by atoms with Crippen molar-refractivity contribution in [1.29, 1.82) is 0 Å². The third-order valence-electron chi connectivity index (χ3n) is 2.72. The van der Waals surface area contributed by atoms with E-state index >= 15 is 0 Å². The van der Waals surface area contributed by atoms with Crippen molar-refractivity contribution in [1.82, 2.24) is 15.3 Å². The minimum atomic E-state index is -0.255. The van der Waals surface area contributed by atoms with Crippen LogP contribution in [-0.2, 0) is 6.54 Å². The van der Waals surface area contributed by atoms with Gasteiger partial charge in [-0.3, -0.25) is 9.78 Å². The standard InChI is InChI=1S/C13H13BrN4O/c1-8-2-3-16-5-9(8)6-18-13(19)11-4-10(14)7-17-12(11)15/h2-5,7H,6H2,1H3,(H2,15,17)(H,18,19). The molecule has 0 aliphatic rings. The molecule has 2 aromatic heterocycles. The summed E-state index contributed by atoms with van der Waals surface area (Å²) < 4.78 is 0.712. The van der Waals surface area contributed by atoms with E-state index in [1.54, 1.807) is 24.7 Å². The van der Waals surface area contributed by atoms with Crippen molar-refractivity contribution < 1.29 is 4.79 Å². The number of carbonyl (C=O) groups is 1. The van der Waals surface area contributed by atoms with Gasteiger partial charge >= 0.3 is 0 Å². The molecule has 0 fully saturated rings. The van der Waals surface area contributed by atoms with Crippen molar-refractivity contribution >= 4 is 27.7 Å². The highest BCUT2D eigenvalue weighted by molar-refractivity contribution is 9.10. The number of nitrogens with one attached hydrogen (secondary N) is 1. The second kappa shape index (κ2) is 5.79. The lowest BCUT2D eigenvalue weighted by atomic mass is 10.1. The summed E-state index contributed by atoms with van der Waals surface area (Å²) in [6.45, 7) is 2.38. The van der Waals surface area contributed by atoms with Crippen molar-refractivity contribution in [3.8, 4) is 0 Å². The molecule has 0 radical (unpaired) electrons. The maximum Gasteiger partial charge on any atom is 0.255 e. The van der Waals surface area contributed by atoms with E-state index in [1.165, 1.54) is 0 Å². The smallest absolute Gasteiger partial charge is 0.255 e. The predicted molar refractivity (Wildman–Crippen MR) is 76.5 cm³/mol. The topological polar surface area (TPSA) is 80.9 Å². The summed E-state index contributed by atoms with van der Waals surface area (Å²) in [6.07, 6.45) is 5.01. The van der Waals surface area contributed by atoms with E-state index in [0.29, 0.717) is 16.6 Å². The Hall–Kier alpha value is -1.95. The van der Waals surface area contributed by atoms with E-state index in [0.717, 1.165) is 11.1 Å². The molecule has 19 heavy (non-hydrogen) atoms. The number of halogens is 1. The van der Waals surface area contributed by atoms with E-state index in [4.69, 9.17) is 5.73 Å². The van der Waals surface area contributed by atoms with E-state index in [2.05, 4.69) is 31.2 Å². The highest BCUT2D eigenvalue weighted by atomic mass is 79.9. The Morgan fingerprint density at radius 3 is 3.00 bits per heavy atom. The maximum atomic E-state index is 12.0. The Bertz CT molecular complexity index is 615. The summed E-state index contributed by atoms with van der Waals surface area (Å²) in [6, 6.07) is 3.55. The van der Waals surface area contributed by atoms with Gasteiger partial charge in [-0.05, 0) is 46.1 Å². The van der Waals surface area contributed by atoms with Crippen molar-refractivity contribution in [2.75, 3.05) is 5.73 Å². The van der Waals surface area contributed by atoms with E-state index in [9.17, 15) is 4.79 Å². The Morgan fingerprint density at radius 2 is 2.26 bits per heavy atom. The van der Waals surface area contributed by atoms with Crippen LogP contribution in [0.4, 0.5) is 5.82 Å². The molecular weight excluding hydrogens is 308 g/mol. The maximum absolute atomic E-state index is 12.0. The summed E-state index contributed by atoms with van der Waals surface area (Å²) in [5.74, 6) is -0.0434. The third kappa shape index (κ3) is 3.29. The first-order chi connectivity index (χ1) is 9.08. The van der Waals surface area contributed by atoms with Crippen LogP contribution >= 0.6 is 15.9 Å². The number of hydrogen-bond acceptors (Lipinski definition) is 4. The number of pyridine rings is 2. The molecule has 2 aromatic rings. The van der Waals surface area contributed by atoms with Crippen LogP contribution in [0.2, 0.25) is 0 Å². The van der Waals surface area contributed by atoms with Crippen molar-refractivity contribution in [3.63, 3.8) is 0 Å². The number of hydrogen-bond donors (Lipinski definition) is 2. The Kier molecular flexibility index (Phi) is 4.11. The molecule has 6 heteroatoms. The largest absolute Gasteiger partial charge is 0.383 e. The summed E-state index contributed by atoms with van der Waals surface area (Å²) in [5, 5.41) is 2.80. The van der Waals surface area contributed by atoms with Gasteiger partial charge in [0.25, 0.3) is 5.91 Å². The van der Waals surface area contributed by atoms with Gasteiger partial charge in [-0.25, -0.2) is 4.98 Å². The zero-order valence-electron chi connectivity index (χ0n) is 10.4. The first-order valence-electron chi connectivity index (χ1n) is 5.66. The lowest BCUT2D eigenvalue weighted by molar-refractivity contribution is 0.0951. The number of nitrogens with two attached hydrogens (primary N) is 1. The Morgan fingerprint density at radius 1 is 1.47 bits per heavy atom. The van der Waals surface area contributed by atoms with Crippen LogP contribution in [0, 0.1) is 6.92 Å². The predicted octanol–water partition coefficient (Wildman–Crippen LogP) is 2.06. The third-order valence-corrected chi connectivity index (χ3v) is 3.15.